The molecular weight excluding hydrogens is 190 g/mol. The third-order valence-corrected chi connectivity index (χ3v) is 2.87. The molecule has 1 aliphatic carbocycles. The van der Waals surface area contributed by atoms with E-state index in [0.717, 1.165) is 31.6 Å². The van der Waals surface area contributed by atoms with E-state index in [4.69, 9.17) is 0 Å². The van der Waals surface area contributed by atoms with Crippen molar-refractivity contribution in [3.8, 4) is 0 Å². The second kappa shape index (κ2) is 4.14. The van der Waals surface area contributed by atoms with Gasteiger partial charge in [-0.3, -0.25) is 4.68 Å². The van der Waals surface area contributed by atoms with E-state index in [2.05, 4.69) is 16.2 Å². The molecule has 1 aliphatic rings. The van der Waals surface area contributed by atoms with Gasteiger partial charge in [0.15, 0.2) is 0 Å². The molecule has 0 aliphatic heterocycles. The minimum Gasteiger partial charge on any atom is -0.385 e. The second-order valence-corrected chi connectivity index (χ2v) is 4.07. The zero-order valence-corrected chi connectivity index (χ0v) is 9.06. The molecule has 15 heavy (non-hydrogen) atoms. The van der Waals surface area contributed by atoms with E-state index in [9.17, 15) is 5.11 Å². The van der Waals surface area contributed by atoms with Crippen LogP contribution in [0.1, 0.15) is 32.0 Å². The summed E-state index contributed by atoms with van der Waals surface area (Å²) in [5.74, 6) is 0.867. The number of aromatic nitrogens is 3. The maximum Gasteiger partial charge on any atom is 0.138 e. The van der Waals surface area contributed by atoms with Crippen LogP contribution in [0.15, 0.2) is 18.5 Å². The summed E-state index contributed by atoms with van der Waals surface area (Å²) in [6.07, 6.45) is 9.02. The van der Waals surface area contributed by atoms with Crippen LogP contribution >= 0.6 is 0 Å². The smallest absolute Gasteiger partial charge is 0.138 e. The van der Waals surface area contributed by atoms with Crippen LogP contribution in [-0.2, 0) is 13.0 Å². The Morgan fingerprint density at radius 3 is 3.13 bits per heavy atom. The van der Waals surface area contributed by atoms with Crippen molar-refractivity contribution in [2.45, 2.75) is 44.8 Å². The number of hydrogen-bond acceptors (Lipinski definition) is 3. The maximum atomic E-state index is 10.3. The first-order valence-corrected chi connectivity index (χ1v) is 5.50. The van der Waals surface area contributed by atoms with Gasteiger partial charge in [0.05, 0.1) is 5.60 Å². The van der Waals surface area contributed by atoms with Crippen LogP contribution in [0.5, 0.6) is 0 Å². The summed E-state index contributed by atoms with van der Waals surface area (Å²) in [5.41, 5.74) is -0.710. The molecule has 0 saturated heterocycles. The average molecular weight is 207 g/mol. The molecule has 0 fully saturated rings. The second-order valence-electron chi connectivity index (χ2n) is 4.07. The van der Waals surface area contributed by atoms with Crippen molar-refractivity contribution >= 4 is 0 Å². The molecule has 82 valence electrons. The number of rotatable bonds is 3. The molecule has 1 atom stereocenters. The highest BCUT2D eigenvalue weighted by atomic mass is 16.3. The van der Waals surface area contributed by atoms with Gasteiger partial charge in [-0.2, -0.15) is 5.10 Å². The molecule has 4 nitrogen and oxygen atoms in total. The zero-order valence-electron chi connectivity index (χ0n) is 9.06. The Balaban J connectivity index is 2.13. The molecule has 0 saturated carbocycles. The van der Waals surface area contributed by atoms with Crippen LogP contribution in [0.4, 0.5) is 0 Å². The highest BCUT2D eigenvalue weighted by molar-refractivity contribution is 5.09. The highest BCUT2D eigenvalue weighted by Gasteiger charge is 2.27. The normalized spacial score (nSPS) is 25.7. The van der Waals surface area contributed by atoms with Crippen molar-refractivity contribution in [3.05, 3.63) is 24.3 Å². The summed E-state index contributed by atoms with van der Waals surface area (Å²) in [5, 5.41) is 14.4. The molecule has 0 aromatic carbocycles. The zero-order chi connectivity index (χ0) is 10.7. The SMILES string of the molecule is CCn1ncnc1CC1(O)C=CCCC1. The fourth-order valence-electron chi connectivity index (χ4n) is 2.02. The van der Waals surface area contributed by atoms with Gasteiger partial charge in [-0.05, 0) is 26.2 Å². The summed E-state index contributed by atoms with van der Waals surface area (Å²) in [7, 11) is 0. The van der Waals surface area contributed by atoms with Crippen molar-refractivity contribution in [2.75, 3.05) is 0 Å². The minimum absolute atomic E-state index is 0.567. The van der Waals surface area contributed by atoms with Crippen molar-refractivity contribution in [1.29, 1.82) is 0 Å². The number of aryl methyl sites for hydroxylation is 1. The molecule has 1 aromatic heterocycles. The summed E-state index contributed by atoms with van der Waals surface area (Å²) in [4.78, 5) is 4.18. The fraction of sp³-hybridized carbons (Fsp3) is 0.636. The number of hydrogen-bond donors (Lipinski definition) is 1. The van der Waals surface area contributed by atoms with Crippen LogP contribution in [0, 0.1) is 0 Å². The quantitative estimate of drug-likeness (QED) is 0.760. The predicted octanol–water partition coefficient (Wildman–Crippen LogP) is 1.31. The van der Waals surface area contributed by atoms with Crippen LogP contribution in [0.25, 0.3) is 0 Å². The lowest BCUT2D eigenvalue weighted by atomic mass is 9.88. The van der Waals surface area contributed by atoms with Gasteiger partial charge in [0.1, 0.15) is 12.2 Å². The molecule has 1 heterocycles. The Labute approximate surface area is 89.6 Å². The van der Waals surface area contributed by atoms with Crippen molar-refractivity contribution < 1.29 is 5.11 Å². The van der Waals surface area contributed by atoms with E-state index in [1.165, 1.54) is 0 Å². The van der Waals surface area contributed by atoms with Crippen molar-refractivity contribution in [3.63, 3.8) is 0 Å². The molecule has 1 aromatic rings. The highest BCUT2D eigenvalue weighted by Crippen LogP contribution is 2.25. The minimum atomic E-state index is -0.710. The van der Waals surface area contributed by atoms with Crippen LogP contribution in [0.2, 0.25) is 0 Å². The Morgan fingerprint density at radius 2 is 2.47 bits per heavy atom. The van der Waals surface area contributed by atoms with E-state index < -0.39 is 5.60 Å². The topological polar surface area (TPSA) is 50.9 Å². The molecular formula is C11H17N3O. The van der Waals surface area contributed by atoms with E-state index >= 15 is 0 Å². The van der Waals surface area contributed by atoms with Gasteiger partial charge in [0.25, 0.3) is 0 Å². The van der Waals surface area contributed by atoms with Gasteiger partial charge in [0.2, 0.25) is 0 Å². The van der Waals surface area contributed by atoms with Crippen LogP contribution in [-0.4, -0.2) is 25.5 Å². The number of allylic oxidation sites excluding steroid dienone is 1. The monoisotopic (exact) mass is 207 g/mol. The fourth-order valence-corrected chi connectivity index (χ4v) is 2.02. The largest absolute Gasteiger partial charge is 0.385 e. The first-order valence-electron chi connectivity index (χ1n) is 5.50. The summed E-state index contributed by atoms with van der Waals surface area (Å²) < 4.78 is 1.83. The Morgan fingerprint density at radius 1 is 1.60 bits per heavy atom. The Bertz CT molecular complexity index is 358. The molecule has 0 radical (unpaired) electrons. The van der Waals surface area contributed by atoms with E-state index in [1.54, 1.807) is 6.33 Å². The molecule has 0 amide bonds. The van der Waals surface area contributed by atoms with Crippen LogP contribution < -0.4 is 0 Å². The van der Waals surface area contributed by atoms with E-state index in [0.29, 0.717) is 6.42 Å². The van der Waals surface area contributed by atoms with Crippen molar-refractivity contribution in [2.24, 2.45) is 0 Å². The molecule has 4 heteroatoms. The molecule has 0 spiro atoms. The van der Waals surface area contributed by atoms with Gasteiger partial charge in [0, 0.05) is 13.0 Å². The molecule has 1 unspecified atom stereocenters. The third-order valence-electron chi connectivity index (χ3n) is 2.87. The summed E-state index contributed by atoms with van der Waals surface area (Å²) in [6.45, 7) is 2.83. The van der Waals surface area contributed by atoms with Gasteiger partial charge >= 0.3 is 0 Å². The number of nitrogens with zero attached hydrogens (tertiary/aromatic N) is 3. The Hall–Kier alpha value is -1.16. The standard InChI is InChI=1S/C11H17N3O/c1-2-14-10(12-9-13-14)8-11(15)6-4-3-5-7-11/h4,6,9,15H,2-3,5,7-8H2,1H3. The summed E-state index contributed by atoms with van der Waals surface area (Å²) in [6, 6.07) is 0. The van der Waals surface area contributed by atoms with E-state index in [-0.39, 0.29) is 0 Å². The Kier molecular flexibility index (Phi) is 2.86. The first-order chi connectivity index (χ1) is 7.23. The molecule has 1 N–H and O–H groups in total. The molecule has 2 rings (SSSR count). The van der Waals surface area contributed by atoms with E-state index in [1.807, 2.05) is 17.7 Å². The predicted molar refractivity (Wildman–Crippen MR) is 57.3 cm³/mol. The summed E-state index contributed by atoms with van der Waals surface area (Å²) >= 11 is 0. The average Bonchev–Trinajstić information content (AvgIpc) is 2.65. The van der Waals surface area contributed by atoms with Gasteiger partial charge in [-0.1, -0.05) is 12.2 Å². The maximum absolute atomic E-state index is 10.3. The number of aliphatic hydroxyl groups is 1. The first kappa shape index (κ1) is 10.4. The lowest BCUT2D eigenvalue weighted by Crippen LogP contribution is -2.32. The van der Waals surface area contributed by atoms with Gasteiger partial charge in [-0.15, -0.1) is 0 Å². The van der Waals surface area contributed by atoms with Gasteiger partial charge in [-0.25, -0.2) is 4.98 Å². The lowest BCUT2D eigenvalue weighted by Gasteiger charge is -2.26. The third kappa shape index (κ3) is 2.26. The molecule has 0 bridgehead atoms. The van der Waals surface area contributed by atoms with Crippen molar-refractivity contribution in [1.82, 2.24) is 14.8 Å². The van der Waals surface area contributed by atoms with Crippen LogP contribution in [0.3, 0.4) is 0 Å². The van der Waals surface area contributed by atoms with Gasteiger partial charge < -0.3 is 5.11 Å². The lowest BCUT2D eigenvalue weighted by molar-refractivity contribution is 0.0719.